The fraction of sp³-hybridized carbons (Fsp3) is 0.250. The zero-order valence-corrected chi connectivity index (χ0v) is 12.2. The minimum absolute atomic E-state index is 0. The predicted molar refractivity (Wildman–Crippen MR) is 52.7 cm³/mol. The van der Waals surface area contributed by atoms with Gasteiger partial charge in [0, 0.05) is 0 Å². The van der Waals surface area contributed by atoms with Gasteiger partial charge in [-0.15, -0.1) is 0 Å². The molecule has 0 amide bonds. The maximum atomic E-state index is 10.6. The Bertz CT molecular complexity index is 461. The van der Waals surface area contributed by atoms with Gasteiger partial charge in [0.1, 0.15) is 15.9 Å². The molecule has 0 aliphatic carbocycles. The summed E-state index contributed by atoms with van der Waals surface area (Å²) in [7, 11) is -3.59. The van der Waals surface area contributed by atoms with Crippen LogP contribution in [0.3, 0.4) is 0 Å². The molecule has 0 fully saturated rings. The number of ether oxygens (including phenoxy) is 1. The fourth-order valence-electron chi connectivity index (χ4n) is 1.08. The summed E-state index contributed by atoms with van der Waals surface area (Å²) in [6, 6.07) is 4.26. The molecule has 0 bridgehead atoms. The Morgan fingerprint density at radius 1 is 1.50 bits per heavy atom. The van der Waals surface area contributed by atoms with Gasteiger partial charge in [0.25, 0.3) is 0 Å². The molecule has 1 N–H and O–H groups in total. The normalized spacial score (nSPS) is 12.8. The van der Waals surface area contributed by atoms with Crippen molar-refractivity contribution in [2.45, 2.75) is 5.44 Å². The van der Waals surface area contributed by atoms with Gasteiger partial charge in [-0.1, -0.05) is 17.7 Å². The molecule has 0 spiro atoms. The molecule has 0 aliphatic heterocycles. The second-order valence-electron chi connectivity index (χ2n) is 2.70. The quantitative estimate of drug-likeness (QED) is 0.503. The minimum atomic E-state index is -4.87. The van der Waals surface area contributed by atoms with Crippen molar-refractivity contribution in [1.29, 1.82) is 0 Å². The van der Waals surface area contributed by atoms with Crippen LogP contribution in [0, 0.1) is 0 Å². The molecule has 1 rings (SSSR count). The van der Waals surface area contributed by atoms with E-state index in [1.54, 1.807) is 0 Å². The molecule has 0 heterocycles. The SMILES string of the molecule is COc1cccc(Cl)c1C(O)S(=O)(=O)[O-].[Na+]. The number of aliphatic hydroxyl groups is 1. The predicted octanol–water partition coefficient (Wildman–Crippen LogP) is -2.11. The summed E-state index contributed by atoms with van der Waals surface area (Å²) in [5, 5.41) is 9.24. The molecule has 0 aliphatic rings. The monoisotopic (exact) mass is 274 g/mol. The Hall–Kier alpha value is 0.180. The fourth-order valence-corrected chi connectivity index (χ4v) is 1.94. The first-order valence-corrected chi connectivity index (χ1v) is 5.68. The van der Waals surface area contributed by atoms with Crippen LogP contribution >= 0.6 is 11.6 Å². The third-order valence-electron chi connectivity index (χ3n) is 1.75. The summed E-state index contributed by atoms with van der Waals surface area (Å²) >= 11 is 5.67. The third kappa shape index (κ3) is 3.59. The van der Waals surface area contributed by atoms with Crippen molar-refractivity contribution in [3.8, 4) is 5.75 Å². The number of rotatable bonds is 3. The second kappa shape index (κ2) is 6.20. The molecule has 0 radical (unpaired) electrons. The van der Waals surface area contributed by atoms with E-state index in [0.717, 1.165) is 0 Å². The maximum absolute atomic E-state index is 10.6. The summed E-state index contributed by atoms with van der Waals surface area (Å²) in [5.41, 5.74) is -2.46. The van der Waals surface area contributed by atoms with E-state index in [2.05, 4.69) is 0 Å². The van der Waals surface area contributed by atoms with Crippen molar-refractivity contribution in [2.75, 3.05) is 7.11 Å². The molecule has 0 aromatic heterocycles. The third-order valence-corrected chi connectivity index (χ3v) is 2.87. The van der Waals surface area contributed by atoms with Crippen LogP contribution in [0.1, 0.15) is 11.0 Å². The Morgan fingerprint density at radius 2 is 2.06 bits per heavy atom. The number of halogens is 1. The summed E-state index contributed by atoms with van der Waals surface area (Å²) < 4.78 is 36.7. The van der Waals surface area contributed by atoms with E-state index in [4.69, 9.17) is 16.3 Å². The molecule has 1 aromatic rings. The van der Waals surface area contributed by atoms with E-state index in [-0.39, 0.29) is 45.9 Å². The van der Waals surface area contributed by atoms with Gasteiger partial charge in [0.2, 0.25) is 0 Å². The molecule has 16 heavy (non-hydrogen) atoms. The maximum Gasteiger partial charge on any atom is 1.00 e. The van der Waals surface area contributed by atoms with Gasteiger partial charge in [-0.3, -0.25) is 0 Å². The summed E-state index contributed by atoms with van der Waals surface area (Å²) in [5.74, 6) is 0.0504. The Labute approximate surface area is 120 Å². The van der Waals surface area contributed by atoms with Crippen LogP contribution in [-0.2, 0) is 10.1 Å². The van der Waals surface area contributed by atoms with E-state index in [0.29, 0.717) is 0 Å². The molecule has 1 aromatic carbocycles. The summed E-state index contributed by atoms with van der Waals surface area (Å²) in [6.07, 6.45) is 0. The van der Waals surface area contributed by atoms with E-state index in [9.17, 15) is 18.1 Å². The van der Waals surface area contributed by atoms with Gasteiger partial charge < -0.3 is 14.4 Å². The molecule has 0 saturated heterocycles. The number of hydrogen-bond donors (Lipinski definition) is 1. The number of methoxy groups -OCH3 is 1. The molecular weight excluding hydrogens is 267 g/mol. The first-order chi connectivity index (χ1) is 6.88. The van der Waals surface area contributed by atoms with Crippen molar-refractivity contribution >= 4 is 21.7 Å². The molecule has 5 nitrogen and oxygen atoms in total. The van der Waals surface area contributed by atoms with Crippen LogP contribution in [-0.4, -0.2) is 25.2 Å². The second-order valence-corrected chi connectivity index (χ2v) is 4.54. The molecule has 1 unspecified atom stereocenters. The number of aliphatic hydroxyl groups excluding tert-OH is 1. The van der Waals surface area contributed by atoms with Gasteiger partial charge in [0.15, 0.2) is 5.44 Å². The Balaban J connectivity index is 0.00000225. The standard InChI is InChI=1S/C8H9ClO5S.Na/c1-14-6-4-2-3-5(9)7(6)8(10)15(11,12)13;/h2-4,8,10H,1H3,(H,11,12,13);/q;+1/p-1. The van der Waals surface area contributed by atoms with Crippen molar-refractivity contribution in [3.63, 3.8) is 0 Å². The number of hydrogen-bond acceptors (Lipinski definition) is 5. The van der Waals surface area contributed by atoms with Crippen molar-refractivity contribution < 1.29 is 52.4 Å². The van der Waals surface area contributed by atoms with Gasteiger partial charge in [-0.2, -0.15) is 0 Å². The molecule has 0 saturated carbocycles. The Kier molecular flexibility index (Phi) is 6.27. The van der Waals surface area contributed by atoms with Crippen LogP contribution < -0.4 is 34.3 Å². The van der Waals surface area contributed by atoms with Crippen LogP contribution in [0.5, 0.6) is 5.75 Å². The van der Waals surface area contributed by atoms with Crippen LogP contribution in [0.15, 0.2) is 18.2 Å². The van der Waals surface area contributed by atoms with Crippen LogP contribution in [0.2, 0.25) is 5.02 Å². The van der Waals surface area contributed by atoms with Gasteiger partial charge in [-0.05, 0) is 12.1 Å². The van der Waals surface area contributed by atoms with E-state index in [1.165, 1.54) is 25.3 Å². The average Bonchev–Trinajstić information content (AvgIpc) is 2.15. The van der Waals surface area contributed by atoms with Crippen molar-refractivity contribution in [3.05, 3.63) is 28.8 Å². The molecule has 8 heteroatoms. The zero-order chi connectivity index (χ0) is 11.6. The summed E-state index contributed by atoms with van der Waals surface area (Å²) in [6.45, 7) is 0. The average molecular weight is 275 g/mol. The first kappa shape index (κ1) is 16.2. The Morgan fingerprint density at radius 3 is 2.50 bits per heavy atom. The minimum Gasteiger partial charge on any atom is -0.746 e. The molecule has 1 atom stereocenters. The van der Waals surface area contributed by atoms with Gasteiger partial charge in [-0.25, -0.2) is 8.42 Å². The van der Waals surface area contributed by atoms with E-state index >= 15 is 0 Å². The van der Waals surface area contributed by atoms with Gasteiger partial charge in [0.05, 0.1) is 17.7 Å². The molecule has 84 valence electrons. The van der Waals surface area contributed by atoms with Gasteiger partial charge >= 0.3 is 29.6 Å². The first-order valence-electron chi connectivity index (χ1n) is 3.83. The zero-order valence-electron chi connectivity index (χ0n) is 8.68. The van der Waals surface area contributed by atoms with Crippen molar-refractivity contribution in [2.24, 2.45) is 0 Å². The van der Waals surface area contributed by atoms with E-state index in [1.807, 2.05) is 0 Å². The van der Waals surface area contributed by atoms with Crippen molar-refractivity contribution in [1.82, 2.24) is 0 Å². The topological polar surface area (TPSA) is 86.7 Å². The van der Waals surface area contributed by atoms with Crippen LogP contribution in [0.25, 0.3) is 0 Å². The smallest absolute Gasteiger partial charge is 0.746 e. The van der Waals surface area contributed by atoms with E-state index < -0.39 is 15.6 Å². The number of benzene rings is 1. The van der Waals surface area contributed by atoms with Crippen LogP contribution in [0.4, 0.5) is 0 Å². The summed E-state index contributed by atoms with van der Waals surface area (Å²) in [4.78, 5) is 0. The largest absolute Gasteiger partial charge is 1.00 e. The molecular formula is C8H8ClNaO5S.